The maximum Gasteiger partial charge on any atom is 0.269 e. The van der Waals surface area contributed by atoms with Crippen LogP contribution in [0.5, 0.6) is 0 Å². The van der Waals surface area contributed by atoms with E-state index in [9.17, 15) is 9.59 Å². The molecule has 0 aromatic carbocycles. The number of rotatable bonds is 5. The number of hydrogen-bond acceptors (Lipinski definition) is 3. The lowest BCUT2D eigenvalue weighted by Crippen LogP contribution is -2.36. The third-order valence-corrected chi connectivity index (χ3v) is 2.62. The van der Waals surface area contributed by atoms with Crippen molar-refractivity contribution in [3.05, 3.63) is 28.5 Å². The van der Waals surface area contributed by atoms with Crippen LogP contribution in [0.2, 0.25) is 0 Å². The number of carbonyl (C=O) groups is 2. The van der Waals surface area contributed by atoms with Gasteiger partial charge in [0, 0.05) is 19.0 Å². The van der Waals surface area contributed by atoms with Crippen LogP contribution in [0, 0.1) is 5.92 Å². The summed E-state index contributed by atoms with van der Waals surface area (Å²) in [7, 11) is 0. The first-order valence-electron chi connectivity index (χ1n) is 5.69. The summed E-state index contributed by atoms with van der Waals surface area (Å²) in [6.45, 7) is 4.43. The van der Waals surface area contributed by atoms with Gasteiger partial charge in [-0.15, -0.1) is 0 Å². The monoisotopic (exact) mass is 313 g/mol. The van der Waals surface area contributed by atoms with Crippen LogP contribution in [0.15, 0.2) is 22.8 Å². The van der Waals surface area contributed by atoms with Gasteiger partial charge in [-0.25, -0.2) is 4.98 Å². The van der Waals surface area contributed by atoms with Crippen LogP contribution in [-0.2, 0) is 4.79 Å². The molecule has 18 heavy (non-hydrogen) atoms. The largest absolute Gasteiger partial charge is 0.354 e. The number of hydrogen-bond donors (Lipinski definition) is 2. The number of aromatic nitrogens is 1. The van der Waals surface area contributed by atoms with Crippen LogP contribution >= 0.6 is 15.9 Å². The topological polar surface area (TPSA) is 71.1 Å². The van der Waals surface area contributed by atoms with Crippen molar-refractivity contribution in [1.82, 2.24) is 15.6 Å². The second kappa shape index (κ2) is 7.10. The average molecular weight is 314 g/mol. The van der Waals surface area contributed by atoms with Crippen molar-refractivity contribution in [3.63, 3.8) is 0 Å². The fraction of sp³-hybridized carbons (Fsp3) is 0.417. The van der Waals surface area contributed by atoms with Gasteiger partial charge in [0.25, 0.3) is 5.91 Å². The highest BCUT2D eigenvalue weighted by molar-refractivity contribution is 9.10. The van der Waals surface area contributed by atoms with Crippen LogP contribution in [0.25, 0.3) is 0 Å². The Morgan fingerprint density at radius 1 is 1.28 bits per heavy atom. The van der Waals surface area contributed by atoms with E-state index in [2.05, 4.69) is 31.5 Å². The molecule has 1 aromatic heterocycles. The number of carbonyl (C=O) groups excluding carboxylic acids is 2. The van der Waals surface area contributed by atoms with Crippen LogP contribution in [0.1, 0.15) is 24.3 Å². The molecule has 2 N–H and O–H groups in total. The first-order chi connectivity index (χ1) is 8.50. The molecule has 0 bridgehead atoms. The second-order valence-electron chi connectivity index (χ2n) is 4.05. The van der Waals surface area contributed by atoms with Crippen molar-refractivity contribution < 1.29 is 9.59 Å². The van der Waals surface area contributed by atoms with E-state index in [4.69, 9.17) is 0 Å². The van der Waals surface area contributed by atoms with Gasteiger partial charge in [-0.05, 0) is 28.1 Å². The van der Waals surface area contributed by atoms with E-state index in [1.54, 1.807) is 18.2 Å². The van der Waals surface area contributed by atoms with Crippen LogP contribution in [0.3, 0.4) is 0 Å². The highest BCUT2D eigenvalue weighted by Gasteiger charge is 2.08. The molecule has 1 rings (SSSR count). The molecule has 0 saturated carbocycles. The van der Waals surface area contributed by atoms with E-state index in [0.717, 1.165) is 0 Å². The summed E-state index contributed by atoms with van der Waals surface area (Å²) in [5.41, 5.74) is 0.347. The Morgan fingerprint density at radius 3 is 2.56 bits per heavy atom. The molecule has 5 nitrogen and oxygen atoms in total. The SMILES string of the molecule is CC(C)C(=O)NCCNC(=O)c1cccc(Br)n1. The van der Waals surface area contributed by atoms with Crippen molar-refractivity contribution in [3.8, 4) is 0 Å². The first kappa shape index (κ1) is 14.6. The van der Waals surface area contributed by atoms with Gasteiger partial charge in [0.1, 0.15) is 10.3 Å². The van der Waals surface area contributed by atoms with Gasteiger partial charge >= 0.3 is 0 Å². The molecule has 0 aliphatic heterocycles. The molecule has 6 heteroatoms. The highest BCUT2D eigenvalue weighted by atomic mass is 79.9. The van der Waals surface area contributed by atoms with Crippen molar-refractivity contribution in [2.45, 2.75) is 13.8 Å². The van der Waals surface area contributed by atoms with E-state index in [0.29, 0.717) is 23.4 Å². The van der Waals surface area contributed by atoms with Crippen molar-refractivity contribution in [2.75, 3.05) is 13.1 Å². The van der Waals surface area contributed by atoms with Gasteiger partial charge in [-0.3, -0.25) is 9.59 Å². The molecule has 0 saturated heterocycles. The Kier molecular flexibility index (Phi) is 5.77. The Morgan fingerprint density at radius 2 is 1.94 bits per heavy atom. The fourth-order valence-corrected chi connectivity index (χ4v) is 1.53. The summed E-state index contributed by atoms with van der Waals surface area (Å²) in [4.78, 5) is 27.0. The minimum atomic E-state index is -0.255. The third-order valence-electron chi connectivity index (χ3n) is 2.18. The van der Waals surface area contributed by atoms with E-state index < -0.39 is 0 Å². The summed E-state index contributed by atoms with van der Waals surface area (Å²) in [6, 6.07) is 5.12. The molecular weight excluding hydrogens is 298 g/mol. The highest BCUT2D eigenvalue weighted by Crippen LogP contribution is 2.05. The number of nitrogens with one attached hydrogen (secondary N) is 2. The average Bonchev–Trinajstić information content (AvgIpc) is 2.33. The third kappa shape index (κ3) is 4.83. The van der Waals surface area contributed by atoms with Crippen LogP contribution < -0.4 is 10.6 Å². The smallest absolute Gasteiger partial charge is 0.269 e. The fourth-order valence-electron chi connectivity index (χ4n) is 1.19. The number of halogens is 1. The molecular formula is C12H16BrN3O2. The molecule has 0 atom stereocenters. The van der Waals surface area contributed by atoms with Gasteiger partial charge < -0.3 is 10.6 Å². The predicted octanol–water partition coefficient (Wildman–Crippen LogP) is 1.35. The van der Waals surface area contributed by atoms with Crippen LogP contribution in [-0.4, -0.2) is 29.9 Å². The normalized spacial score (nSPS) is 10.2. The Labute approximate surface area is 114 Å². The van der Waals surface area contributed by atoms with Gasteiger partial charge in [0.15, 0.2) is 0 Å². The quantitative estimate of drug-likeness (QED) is 0.636. The number of amides is 2. The molecule has 1 heterocycles. The number of nitrogens with zero attached hydrogens (tertiary/aromatic N) is 1. The van der Waals surface area contributed by atoms with Crippen molar-refractivity contribution >= 4 is 27.7 Å². The Hall–Kier alpha value is -1.43. The van der Waals surface area contributed by atoms with Gasteiger partial charge in [0.05, 0.1) is 0 Å². The van der Waals surface area contributed by atoms with E-state index in [-0.39, 0.29) is 17.7 Å². The zero-order valence-corrected chi connectivity index (χ0v) is 12.0. The summed E-state index contributed by atoms with van der Waals surface area (Å²) in [6.07, 6.45) is 0. The lowest BCUT2D eigenvalue weighted by atomic mass is 10.2. The standard InChI is InChI=1S/C12H16BrN3O2/c1-8(2)11(17)14-6-7-15-12(18)9-4-3-5-10(13)16-9/h3-5,8H,6-7H2,1-2H3,(H,14,17)(H,15,18). The van der Waals surface area contributed by atoms with Crippen molar-refractivity contribution in [1.29, 1.82) is 0 Å². The summed E-state index contributed by atoms with van der Waals surface area (Å²) in [5.74, 6) is -0.327. The van der Waals surface area contributed by atoms with Gasteiger partial charge in [-0.2, -0.15) is 0 Å². The molecule has 0 spiro atoms. The Balaban J connectivity index is 2.32. The van der Waals surface area contributed by atoms with E-state index >= 15 is 0 Å². The predicted molar refractivity (Wildman–Crippen MR) is 72.1 cm³/mol. The first-order valence-corrected chi connectivity index (χ1v) is 6.48. The van der Waals surface area contributed by atoms with Gasteiger partial charge in [-0.1, -0.05) is 19.9 Å². The summed E-state index contributed by atoms with van der Waals surface area (Å²) < 4.78 is 0.614. The minimum Gasteiger partial charge on any atom is -0.354 e. The molecule has 0 fully saturated rings. The molecule has 0 unspecified atom stereocenters. The summed E-state index contributed by atoms with van der Waals surface area (Å²) in [5, 5.41) is 5.40. The van der Waals surface area contributed by atoms with E-state index in [1.807, 2.05) is 13.8 Å². The lowest BCUT2D eigenvalue weighted by Gasteiger charge is -2.08. The molecule has 1 aromatic rings. The maximum atomic E-state index is 11.7. The molecule has 98 valence electrons. The van der Waals surface area contributed by atoms with E-state index in [1.165, 1.54) is 0 Å². The molecule has 0 aliphatic rings. The molecule has 0 aliphatic carbocycles. The van der Waals surface area contributed by atoms with Crippen LogP contribution in [0.4, 0.5) is 0 Å². The molecule has 0 radical (unpaired) electrons. The molecule has 2 amide bonds. The zero-order valence-electron chi connectivity index (χ0n) is 10.4. The lowest BCUT2D eigenvalue weighted by molar-refractivity contribution is -0.123. The van der Waals surface area contributed by atoms with Crippen molar-refractivity contribution in [2.24, 2.45) is 5.92 Å². The summed E-state index contributed by atoms with van der Waals surface area (Å²) >= 11 is 3.20. The van der Waals surface area contributed by atoms with Gasteiger partial charge in [0.2, 0.25) is 5.91 Å². The zero-order chi connectivity index (χ0) is 13.5. The maximum absolute atomic E-state index is 11.7. The minimum absolute atomic E-state index is 0.0233. The second-order valence-corrected chi connectivity index (χ2v) is 4.86. The Bertz CT molecular complexity index is 435. The number of pyridine rings is 1.